The van der Waals surface area contributed by atoms with E-state index in [1.165, 1.54) is 12.1 Å². The number of hydrogen-bond acceptors (Lipinski definition) is 5. The van der Waals surface area contributed by atoms with Crippen molar-refractivity contribution < 1.29 is 19.2 Å². The molecule has 2 N–H and O–H groups in total. The highest BCUT2D eigenvalue weighted by atomic mass is 16.6. The van der Waals surface area contributed by atoms with E-state index in [1.54, 1.807) is 12.3 Å². The lowest BCUT2D eigenvalue weighted by molar-refractivity contribution is -0.384. The van der Waals surface area contributed by atoms with E-state index in [2.05, 4.69) is 10.3 Å². The smallest absolute Gasteiger partial charge is 0.270 e. The molecule has 0 atom stereocenters. The summed E-state index contributed by atoms with van der Waals surface area (Å²) in [4.78, 5) is 26.0. The zero-order valence-electron chi connectivity index (χ0n) is 16.2. The van der Waals surface area contributed by atoms with Crippen LogP contribution in [-0.4, -0.2) is 34.6 Å². The van der Waals surface area contributed by atoms with Crippen LogP contribution in [0.4, 0.5) is 5.69 Å². The first-order chi connectivity index (χ1) is 13.8. The van der Waals surface area contributed by atoms with Crippen molar-refractivity contribution >= 4 is 22.5 Å². The number of para-hydroxylation sites is 1. The molecule has 0 radical (unpaired) electrons. The van der Waals surface area contributed by atoms with Crippen LogP contribution < -0.4 is 14.8 Å². The van der Waals surface area contributed by atoms with Crippen LogP contribution in [0, 0.1) is 10.1 Å². The number of aromatic nitrogens is 1. The minimum atomic E-state index is -0.483. The fourth-order valence-electron chi connectivity index (χ4n) is 3.53. The number of rotatable bonds is 6. The van der Waals surface area contributed by atoms with Gasteiger partial charge in [0, 0.05) is 41.2 Å². The molecule has 0 saturated heterocycles. The maximum atomic E-state index is 12.5. The third-order valence-corrected chi connectivity index (χ3v) is 4.82. The van der Waals surface area contributed by atoms with Gasteiger partial charge in [-0.3, -0.25) is 14.9 Å². The topological polar surface area (TPSA) is 106 Å². The summed E-state index contributed by atoms with van der Waals surface area (Å²) in [7, 11) is 0. The Kier molecular flexibility index (Phi) is 4.62. The first-order valence-electron chi connectivity index (χ1n) is 9.31. The average Bonchev–Trinajstić information content (AvgIpc) is 3.23. The number of nitrogens with one attached hydrogen (secondary N) is 2. The van der Waals surface area contributed by atoms with E-state index in [9.17, 15) is 14.9 Å². The summed E-state index contributed by atoms with van der Waals surface area (Å²) >= 11 is 0. The van der Waals surface area contributed by atoms with Crippen LogP contribution in [0.5, 0.6) is 11.5 Å². The van der Waals surface area contributed by atoms with Crippen molar-refractivity contribution in [1.82, 2.24) is 10.3 Å². The second-order valence-electron chi connectivity index (χ2n) is 7.58. The lowest BCUT2D eigenvalue weighted by atomic mass is 10.0. The second kappa shape index (κ2) is 7.12. The number of nitro benzene ring substituents is 1. The number of nitro groups is 1. The largest absolute Gasteiger partial charge is 0.488 e. The molecule has 1 amide bonds. The SMILES string of the molecule is CC1(C)Cc2cccc(OCCNC(=O)c3c[nH]c4ccc([N+](=O)[O-])cc34)c2O1. The normalized spacial score (nSPS) is 14.3. The monoisotopic (exact) mass is 395 g/mol. The Labute approximate surface area is 167 Å². The quantitative estimate of drug-likeness (QED) is 0.377. The minimum absolute atomic E-state index is 0.0599. The van der Waals surface area contributed by atoms with Crippen molar-refractivity contribution in [2.75, 3.05) is 13.2 Å². The van der Waals surface area contributed by atoms with Crippen molar-refractivity contribution in [3.8, 4) is 11.5 Å². The number of amides is 1. The van der Waals surface area contributed by atoms with Crippen molar-refractivity contribution in [3.63, 3.8) is 0 Å². The standard InChI is InChI=1S/C21H21N3O5/c1-21(2)11-13-4-3-5-18(19(13)29-21)28-9-8-22-20(25)16-12-23-17-7-6-14(24(26)27)10-15(16)17/h3-7,10,12,23H,8-9,11H2,1-2H3,(H,22,25). The summed E-state index contributed by atoms with van der Waals surface area (Å²) in [5.41, 5.74) is 1.81. The number of carbonyl (C=O) groups is 1. The summed E-state index contributed by atoms with van der Waals surface area (Å²) in [6.45, 7) is 4.62. The molecule has 3 aromatic rings. The third kappa shape index (κ3) is 3.73. The van der Waals surface area contributed by atoms with E-state index in [-0.39, 0.29) is 30.3 Å². The van der Waals surface area contributed by atoms with Crippen molar-refractivity contribution in [2.24, 2.45) is 0 Å². The molecule has 2 heterocycles. The molecule has 0 fully saturated rings. The molecule has 0 saturated carbocycles. The Morgan fingerprint density at radius 1 is 1.34 bits per heavy atom. The first-order valence-corrected chi connectivity index (χ1v) is 9.31. The molecule has 8 nitrogen and oxygen atoms in total. The maximum Gasteiger partial charge on any atom is 0.270 e. The first kappa shape index (κ1) is 18.8. The lowest BCUT2D eigenvalue weighted by Gasteiger charge is -2.18. The van der Waals surface area contributed by atoms with Crippen LogP contribution in [0.2, 0.25) is 0 Å². The average molecular weight is 395 g/mol. The molecule has 0 unspecified atom stereocenters. The summed E-state index contributed by atoms with van der Waals surface area (Å²) in [6.07, 6.45) is 2.37. The second-order valence-corrected chi connectivity index (χ2v) is 7.58. The van der Waals surface area contributed by atoms with Crippen molar-refractivity contribution in [1.29, 1.82) is 0 Å². The number of hydrogen-bond donors (Lipinski definition) is 2. The molecular weight excluding hydrogens is 374 g/mol. The molecule has 1 aliphatic rings. The van der Waals surface area contributed by atoms with Gasteiger partial charge in [-0.1, -0.05) is 12.1 Å². The Hall–Kier alpha value is -3.55. The van der Waals surface area contributed by atoms with E-state index < -0.39 is 4.92 Å². The van der Waals surface area contributed by atoms with E-state index >= 15 is 0 Å². The maximum absolute atomic E-state index is 12.5. The zero-order valence-corrected chi connectivity index (χ0v) is 16.2. The van der Waals surface area contributed by atoms with Crippen LogP contribution >= 0.6 is 0 Å². The zero-order chi connectivity index (χ0) is 20.6. The Morgan fingerprint density at radius 3 is 2.97 bits per heavy atom. The number of carbonyl (C=O) groups excluding carboxylic acids is 1. The van der Waals surface area contributed by atoms with E-state index in [1.807, 2.05) is 32.0 Å². The van der Waals surface area contributed by atoms with Gasteiger partial charge in [-0.05, 0) is 26.0 Å². The molecule has 1 aromatic heterocycles. The van der Waals surface area contributed by atoms with Crippen molar-refractivity contribution in [2.45, 2.75) is 25.9 Å². The van der Waals surface area contributed by atoms with Gasteiger partial charge in [0.2, 0.25) is 0 Å². The molecule has 0 aliphatic carbocycles. The fraction of sp³-hybridized carbons (Fsp3) is 0.286. The summed E-state index contributed by atoms with van der Waals surface area (Å²) in [6, 6.07) is 10.2. The predicted octanol–water partition coefficient (Wildman–Crippen LogP) is 3.60. The Morgan fingerprint density at radius 2 is 2.17 bits per heavy atom. The Bertz CT molecular complexity index is 1100. The van der Waals surface area contributed by atoms with Gasteiger partial charge in [-0.2, -0.15) is 0 Å². The summed E-state index contributed by atoms with van der Waals surface area (Å²) in [5.74, 6) is 1.09. The molecule has 8 heteroatoms. The van der Waals surface area contributed by atoms with Crippen LogP contribution in [0.15, 0.2) is 42.6 Å². The van der Waals surface area contributed by atoms with Gasteiger partial charge >= 0.3 is 0 Å². The van der Waals surface area contributed by atoms with E-state index in [0.29, 0.717) is 22.2 Å². The summed E-state index contributed by atoms with van der Waals surface area (Å²) < 4.78 is 11.8. The molecule has 150 valence electrons. The number of nitrogens with zero attached hydrogens (tertiary/aromatic N) is 1. The number of H-pyrrole nitrogens is 1. The predicted molar refractivity (Wildman–Crippen MR) is 108 cm³/mol. The minimum Gasteiger partial charge on any atom is -0.488 e. The van der Waals surface area contributed by atoms with Gasteiger partial charge in [-0.25, -0.2) is 0 Å². The molecular formula is C21H21N3O5. The molecule has 0 spiro atoms. The molecule has 29 heavy (non-hydrogen) atoms. The van der Waals surface area contributed by atoms with Gasteiger partial charge in [0.25, 0.3) is 11.6 Å². The van der Waals surface area contributed by atoms with Crippen LogP contribution in [0.25, 0.3) is 10.9 Å². The van der Waals surface area contributed by atoms with Gasteiger partial charge in [-0.15, -0.1) is 0 Å². The fourth-order valence-corrected chi connectivity index (χ4v) is 3.53. The molecule has 1 aliphatic heterocycles. The van der Waals surface area contributed by atoms with Crippen LogP contribution in [-0.2, 0) is 6.42 Å². The third-order valence-electron chi connectivity index (χ3n) is 4.82. The van der Waals surface area contributed by atoms with Crippen LogP contribution in [0.3, 0.4) is 0 Å². The van der Waals surface area contributed by atoms with Gasteiger partial charge in [0.1, 0.15) is 12.2 Å². The number of fused-ring (bicyclic) bond motifs is 2. The molecule has 2 aromatic carbocycles. The van der Waals surface area contributed by atoms with E-state index in [0.717, 1.165) is 17.7 Å². The highest BCUT2D eigenvalue weighted by molar-refractivity contribution is 6.07. The van der Waals surface area contributed by atoms with E-state index in [4.69, 9.17) is 9.47 Å². The van der Waals surface area contributed by atoms with Crippen LogP contribution in [0.1, 0.15) is 29.8 Å². The number of benzene rings is 2. The summed E-state index contributed by atoms with van der Waals surface area (Å²) in [5, 5.41) is 14.3. The van der Waals surface area contributed by atoms with Gasteiger partial charge in [0.05, 0.1) is 17.0 Å². The Balaban J connectivity index is 1.38. The lowest BCUT2D eigenvalue weighted by Crippen LogP contribution is -2.28. The molecule has 0 bridgehead atoms. The number of ether oxygens (including phenoxy) is 2. The number of non-ortho nitro benzene ring substituents is 1. The van der Waals surface area contributed by atoms with Gasteiger partial charge in [0.15, 0.2) is 11.5 Å². The van der Waals surface area contributed by atoms with Crippen molar-refractivity contribution in [3.05, 3.63) is 63.8 Å². The highest BCUT2D eigenvalue weighted by Gasteiger charge is 2.32. The van der Waals surface area contributed by atoms with Gasteiger partial charge < -0.3 is 19.8 Å². The number of aromatic amines is 1. The molecule has 4 rings (SSSR count). The highest BCUT2D eigenvalue weighted by Crippen LogP contribution is 2.41.